The highest BCUT2D eigenvalue weighted by Gasteiger charge is 2.49. The zero-order chi connectivity index (χ0) is 14.2. The van der Waals surface area contributed by atoms with E-state index in [9.17, 15) is 9.59 Å². The van der Waals surface area contributed by atoms with E-state index in [4.69, 9.17) is 5.73 Å². The van der Waals surface area contributed by atoms with E-state index in [1.165, 1.54) is 4.90 Å². The van der Waals surface area contributed by atoms with Crippen LogP contribution in [0.2, 0.25) is 0 Å². The van der Waals surface area contributed by atoms with Crippen LogP contribution in [0.5, 0.6) is 0 Å². The normalized spacial score (nSPS) is 18.2. The number of imide groups is 1. The molecule has 0 atom stereocenters. The van der Waals surface area contributed by atoms with Gasteiger partial charge in [0.25, 0.3) is 0 Å². The number of rotatable bonds is 3. The summed E-state index contributed by atoms with van der Waals surface area (Å²) < 4.78 is 0.757. The lowest BCUT2D eigenvalue weighted by Gasteiger charge is -2.23. The minimum Gasteiger partial charge on any atom is -0.398 e. The fourth-order valence-electron chi connectivity index (χ4n) is 2.53. The maximum absolute atomic E-state index is 12.5. The Morgan fingerprint density at radius 1 is 1.32 bits per heavy atom. The number of nitrogen functional groups attached to an aromatic ring is 1. The molecule has 0 aliphatic carbocycles. The van der Waals surface area contributed by atoms with Crippen LogP contribution in [0.25, 0.3) is 0 Å². The number of benzene rings is 1. The van der Waals surface area contributed by atoms with E-state index in [2.05, 4.69) is 15.9 Å². The summed E-state index contributed by atoms with van der Waals surface area (Å²) in [5.74, 6) is -0.250. The highest BCUT2D eigenvalue weighted by atomic mass is 79.9. The zero-order valence-corrected chi connectivity index (χ0v) is 12.7. The predicted octanol–water partition coefficient (Wildman–Crippen LogP) is 3.10. The van der Waals surface area contributed by atoms with Gasteiger partial charge in [-0.1, -0.05) is 13.8 Å². The molecule has 2 amide bonds. The van der Waals surface area contributed by atoms with Crippen molar-refractivity contribution < 1.29 is 9.59 Å². The monoisotopic (exact) mass is 324 g/mol. The number of nitrogens with two attached hydrogens (primary N) is 1. The third kappa shape index (κ3) is 2.16. The summed E-state index contributed by atoms with van der Waals surface area (Å²) >= 11 is 3.30. The van der Waals surface area contributed by atoms with Crippen molar-refractivity contribution in [3.05, 3.63) is 22.7 Å². The number of halogens is 1. The summed E-state index contributed by atoms with van der Waals surface area (Å²) in [7, 11) is 0. The van der Waals surface area contributed by atoms with Crippen molar-refractivity contribution in [2.45, 2.75) is 33.1 Å². The Balaban J connectivity index is 2.43. The largest absolute Gasteiger partial charge is 0.398 e. The summed E-state index contributed by atoms with van der Waals surface area (Å²) in [6.45, 7) is 3.91. The lowest BCUT2D eigenvalue weighted by molar-refractivity contribution is -0.126. The van der Waals surface area contributed by atoms with E-state index in [1.54, 1.807) is 18.2 Å². The van der Waals surface area contributed by atoms with Gasteiger partial charge in [-0.15, -0.1) is 0 Å². The van der Waals surface area contributed by atoms with Crippen LogP contribution in [0.1, 0.15) is 33.1 Å². The topological polar surface area (TPSA) is 63.4 Å². The third-order valence-corrected chi connectivity index (χ3v) is 4.71. The van der Waals surface area contributed by atoms with Crippen molar-refractivity contribution in [2.24, 2.45) is 5.41 Å². The highest BCUT2D eigenvalue weighted by Crippen LogP contribution is 2.41. The minimum absolute atomic E-state index is 0.107. The summed E-state index contributed by atoms with van der Waals surface area (Å²) in [5.41, 5.74) is 6.35. The van der Waals surface area contributed by atoms with E-state index >= 15 is 0 Å². The molecule has 1 aromatic carbocycles. The number of amides is 2. The second kappa shape index (κ2) is 4.96. The minimum atomic E-state index is -0.543. The number of hydrogen-bond donors (Lipinski definition) is 1. The number of carbonyl (C=O) groups excluding carboxylic acids is 2. The van der Waals surface area contributed by atoms with Crippen LogP contribution < -0.4 is 10.6 Å². The zero-order valence-electron chi connectivity index (χ0n) is 11.1. The van der Waals surface area contributed by atoms with E-state index in [1.807, 2.05) is 13.8 Å². The van der Waals surface area contributed by atoms with E-state index < -0.39 is 5.41 Å². The average Bonchev–Trinajstić information content (AvgIpc) is 2.65. The van der Waals surface area contributed by atoms with Crippen LogP contribution in [-0.4, -0.2) is 11.8 Å². The SMILES string of the molecule is CCC1(CC)CC(=O)N(c2ccc(Br)c(N)c2)C1=O. The first-order valence-electron chi connectivity index (χ1n) is 6.37. The Labute approximate surface area is 121 Å². The maximum atomic E-state index is 12.5. The molecule has 19 heavy (non-hydrogen) atoms. The smallest absolute Gasteiger partial charge is 0.240 e. The lowest BCUT2D eigenvalue weighted by Crippen LogP contribution is -2.35. The summed E-state index contributed by atoms with van der Waals surface area (Å²) in [6, 6.07) is 5.14. The molecule has 0 spiro atoms. The van der Waals surface area contributed by atoms with Crippen LogP contribution in [-0.2, 0) is 9.59 Å². The molecule has 0 radical (unpaired) electrons. The van der Waals surface area contributed by atoms with Gasteiger partial charge in [-0.05, 0) is 47.0 Å². The van der Waals surface area contributed by atoms with Gasteiger partial charge in [0.1, 0.15) is 0 Å². The summed E-state index contributed by atoms with van der Waals surface area (Å²) in [4.78, 5) is 26.0. The first kappa shape index (κ1) is 14.1. The highest BCUT2D eigenvalue weighted by molar-refractivity contribution is 9.10. The number of carbonyl (C=O) groups is 2. The van der Waals surface area contributed by atoms with Crippen molar-refractivity contribution in [1.29, 1.82) is 0 Å². The molecule has 5 heteroatoms. The molecule has 4 nitrogen and oxygen atoms in total. The average molecular weight is 325 g/mol. The second-order valence-corrected chi connectivity index (χ2v) is 5.76. The lowest BCUT2D eigenvalue weighted by atomic mass is 9.81. The Hall–Kier alpha value is -1.36. The standard InChI is InChI=1S/C14H17BrN2O2/c1-3-14(4-2)8-12(18)17(13(14)19)9-5-6-10(15)11(16)7-9/h5-7H,3-4,8,16H2,1-2H3. The molecule has 0 bridgehead atoms. The van der Waals surface area contributed by atoms with Crippen LogP contribution in [0.3, 0.4) is 0 Å². The van der Waals surface area contributed by atoms with Crippen LogP contribution in [0.4, 0.5) is 11.4 Å². The molecule has 102 valence electrons. The van der Waals surface area contributed by atoms with Gasteiger partial charge in [-0.2, -0.15) is 0 Å². The Morgan fingerprint density at radius 3 is 2.42 bits per heavy atom. The van der Waals surface area contributed by atoms with Crippen molar-refractivity contribution >= 4 is 39.1 Å². The molecule has 1 aromatic rings. The Morgan fingerprint density at radius 2 is 1.95 bits per heavy atom. The molecular weight excluding hydrogens is 308 g/mol. The van der Waals surface area contributed by atoms with Gasteiger partial charge >= 0.3 is 0 Å². The number of nitrogens with zero attached hydrogens (tertiary/aromatic N) is 1. The Bertz CT molecular complexity index is 538. The first-order valence-corrected chi connectivity index (χ1v) is 7.17. The molecule has 0 saturated carbocycles. The predicted molar refractivity (Wildman–Crippen MR) is 78.7 cm³/mol. The molecule has 2 N–H and O–H groups in total. The van der Waals surface area contributed by atoms with E-state index in [0.29, 0.717) is 24.2 Å². The van der Waals surface area contributed by atoms with Gasteiger partial charge in [0.05, 0.1) is 11.1 Å². The van der Waals surface area contributed by atoms with E-state index in [-0.39, 0.29) is 18.2 Å². The third-order valence-electron chi connectivity index (χ3n) is 3.99. The van der Waals surface area contributed by atoms with Gasteiger partial charge in [-0.25, -0.2) is 4.90 Å². The van der Waals surface area contributed by atoms with Crippen LogP contribution in [0.15, 0.2) is 22.7 Å². The van der Waals surface area contributed by atoms with Gasteiger partial charge in [0.2, 0.25) is 11.8 Å². The van der Waals surface area contributed by atoms with Crippen LogP contribution >= 0.6 is 15.9 Å². The molecule has 1 aliphatic heterocycles. The van der Waals surface area contributed by atoms with Crippen molar-refractivity contribution in [1.82, 2.24) is 0 Å². The molecule has 0 aromatic heterocycles. The van der Waals surface area contributed by atoms with Crippen molar-refractivity contribution in [3.8, 4) is 0 Å². The molecule has 1 saturated heterocycles. The van der Waals surface area contributed by atoms with Gasteiger partial charge in [-0.3, -0.25) is 9.59 Å². The van der Waals surface area contributed by atoms with Crippen molar-refractivity contribution in [2.75, 3.05) is 10.6 Å². The number of hydrogen-bond acceptors (Lipinski definition) is 3. The number of anilines is 2. The molecule has 1 aliphatic rings. The first-order chi connectivity index (χ1) is 8.95. The maximum Gasteiger partial charge on any atom is 0.240 e. The fraction of sp³-hybridized carbons (Fsp3) is 0.429. The van der Waals surface area contributed by atoms with Crippen molar-refractivity contribution in [3.63, 3.8) is 0 Å². The van der Waals surface area contributed by atoms with Gasteiger partial charge < -0.3 is 5.73 Å². The Kier molecular flexibility index (Phi) is 3.67. The molecule has 2 rings (SSSR count). The molecule has 1 fully saturated rings. The second-order valence-electron chi connectivity index (χ2n) is 4.90. The quantitative estimate of drug-likeness (QED) is 0.686. The summed E-state index contributed by atoms with van der Waals surface area (Å²) in [5, 5.41) is 0. The van der Waals surface area contributed by atoms with Gasteiger partial charge in [0.15, 0.2) is 0 Å². The summed E-state index contributed by atoms with van der Waals surface area (Å²) in [6.07, 6.45) is 1.64. The fourth-order valence-corrected chi connectivity index (χ4v) is 2.78. The molecule has 1 heterocycles. The van der Waals surface area contributed by atoms with Crippen LogP contribution in [0, 0.1) is 5.41 Å². The van der Waals surface area contributed by atoms with Gasteiger partial charge in [0, 0.05) is 16.6 Å². The molecule has 0 unspecified atom stereocenters. The molecular formula is C14H17BrN2O2. The van der Waals surface area contributed by atoms with E-state index in [0.717, 1.165) is 4.47 Å².